The summed E-state index contributed by atoms with van der Waals surface area (Å²) in [5.41, 5.74) is 1.26. The Morgan fingerprint density at radius 3 is 2.37 bits per heavy atom. The molecule has 2 aromatic carbocycles. The van der Waals surface area contributed by atoms with Gasteiger partial charge in [-0.15, -0.1) is 0 Å². The Kier molecular flexibility index (Phi) is 5.31. The molecule has 1 N–H and O–H groups in total. The van der Waals surface area contributed by atoms with Gasteiger partial charge in [0.05, 0.1) is 20.8 Å². The standard InChI is InChI=1S/C18H18FN3O4S/c1-25-16-10-15(19)18(11-17(16)26-2)27(23,24)21-14-6-4-13(5-7-14)12-22-9-3-8-20-22/h3-11,21H,12H2,1-2H3. The second-order valence-corrected chi connectivity index (χ2v) is 7.29. The Balaban J connectivity index is 1.82. The van der Waals surface area contributed by atoms with Crippen molar-refractivity contribution in [2.24, 2.45) is 0 Å². The molecule has 9 heteroatoms. The van der Waals surface area contributed by atoms with Gasteiger partial charge in [0.1, 0.15) is 10.7 Å². The van der Waals surface area contributed by atoms with E-state index in [1.807, 2.05) is 12.3 Å². The minimum absolute atomic E-state index is 0.108. The molecule has 1 aromatic heterocycles. The van der Waals surface area contributed by atoms with Crippen molar-refractivity contribution in [3.63, 3.8) is 0 Å². The number of benzene rings is 2. The predicted molar refractivity (Wildman–Crippen MR) is 98.1 cm³/mol. The van der Waals surface area contributed by atoms with Crippen LogP contribution in [0.15, 0.2) is 59.8 Å². The van der Waals surface area contributed by atoms with Crippen LogP contribution >= 0.6 is 0 Å². The molecule has 27 heavy (non-hydrogen) atoms. The summed E-state index contributed by atoms with van der Waals surface area (Å²) < 4.78 is 53.5. The molecule has 0 saturated carbocycles. The van der Waals surface area contributed by atoms with Gasteiger partial charge in [0, 0.05) is 30.2 Å². The number of hydrogen-bond donors (Lipinski definition) is 1. The lowest BCUT2D eigenvalue weighted by Crippen LogP contribution is -2.15. The van der Waals surface area contributed by atoms with Crippen LogP contribution in [0.3, 0.4) is 0 Å². The van der Waals surface area contributed by atoms with Crippen LogP contribution in [-0.2, 0) is 16.6 Å². The average molecular weight is 391 g/mol. The smallest absolute Gasteiger partial charge is 0.264 e. The first-order chi connectivity index (χ1) is 12.9. The first kappa shape index (κ1) is 18.7. The van der Waals surface area contributed by atoms with E-state index in [1.54, 1.807) is 35.1 Å². The minimum Gasteiger partial charge on any atom is -0.493 e. The van der Waals surface area contributed by atoms with Crippen molar-refractivity contribution in [1.29, 1.82) is 0 Å². The van der Waals surface area contributed by atoms with Gasteiger partial charge in [-0.1, -0.05) is 12.1 Å². The molecular formula is C18H18FN3O4S. The fourth-order valence-corrected chi connectivity index (χ4v) is 3.65. The van der Waals surface area contributed by atoms with Crippen LogP contribution in [0.5, 0.6) is 11.5 Å². The van der Waals surface area contributed by atoms with Crippen LogP contribution in [0.1, 0.15) is 5.56 Å². The molecule has 0 spiro atoms. The molecule has 0 aliphatic heterocycles. The molecule has 0 fully saturated rings. The molecule has 0 aliphatic carbocycles. The molecule has 7 nitrogen and oxygen atoms in total. The highest BCUT2D eigenvalue weighted by atomic mass is 32.2. The highest BCUT2D eigenvalue weighted by Crippen LogP contribution is 2.32. The van der Waals surface area contributed by atoms with E-state index in [0.717, 1.165) is 17.7 Å². The molecule has 1 heterocycles. The number of ether oxygens (including phenoxy) is 2. The van der Waals surface area contributed by atoms with Gasteiger partial charge in [-0.3, -0.25) is 9.40 Å². The summed E-state index contributed by atoms with van der Waals surface area (Å²) in [5.74, 6) is -0.707. The normalized spacial score (nSPS) is 11.2. The average Bonchev–Trinajstić information content (AvgIpc) is 3.15. The zero-order valence-electron chi connectivity index (χ0n) is 14.7. The number of anilines is 1. The molecule has 0 saturated heterocycles. The molecule has 142 valence electrons. The van der Waals surface area contributed by atoms with Gasteiger partial charge in [0.2, 0.25) is 0 Å². The van der Waals surface area contributed by atoms with Crippen molar-refractivity contribution in [3.8, 4) is 11.5 Å². The zero-order valence-corrected chi connectivity index (χ0v) is 15.5. The van der Waals surface area contributed by atoms with Crippen molar-refractivity contribution < 1.29 is 22.3 Å². The molecule has 0 radical (unpaired) electrons. The van der Waals surface area contributed by atoms with Gasteiger partial charge in [0.15, 0.2) is 11.5 Å². The van der Waals surface area contributed by atoms with Gasteiger partial charge in [0.25, 0.3) is 10.0 Å². The summed E-state index contributed by atoms with van der Waals surface area (Å²) in [6.07, 6.45) is 3.51. The summed E-state index contributed by atoms with van der Waals surface area (Å²) >= 11 is 0. The van der Waals surface area contributed by atoms with E-state index in [2.05, 4.69) is 9.82 Å². The van der Waals surface area contributed by atoms with Crippen LogP contribution in [0.2, 0.25) is 0 Å². The van der Waals surface area contributed by atoms with Gasteiger partial charge in [-0.25, -0.2) is 12.8 Å². The monoisotopic (exact) mass is 391 g/mol. The summed E-state index contributed by atoms with van der Waals surface area (Å²) in [5, 5.41) is 4.11. The second kappa shape index (κ2) is 7.67. The van der Waals surface area contributed by atoms with Gasteiger partial charge in [-0.05, 0) is 23.8 Å². The number of rotatable bonds is 7. The van der Waals surface area contributed by atoms with E-state index in [-0.39, 0.29) is 11.5 Å². The SMILES string of the molecule is COc1cc(F)c(S(=O)(=O)Nc2ccc(Cn3cccn3)cc2)cc1OC. The lowest BCUT2D eigenvalue weighted by Gasteiger charge is -2.13. The van der Waals surface area contributed by atoms with Crippen molar-refractivity contribution in [3.05, 3.63) is 66.2 Å². The molecule has 0 amide bonds. The molecule has 0 unspecified atom stereocenters. The Hall–Kier alpha value is -3.07. The maximum Gasteiger partial charge on any atom is 0.264 e. The summed E-state index contributed by atoms with van der Waals surface area (Å²) in [4.78, 5) is -0.527. The van der Waals surface area contributed by atoms with Crippen LogP contribution in [-0.4, -0.2) is 32.4 Å². The molecule has 0 bridgehead atoms. The van der Waals surface area contributed by atoms with Crippen LogP contribution < -0.4 is 14.2 Å². The Morgan fingerprint density at radius 2 is 1.78 bits per heavy atom. The zero-order chi connectivity index (χ0) is 19.4. The van der Waals surface area contributed by atoms with Crippen LogP contribution in [0.4, 0.5) is 10.1 Å². The molecule has 0 atom stereocenters. The largest absolute Gasteiger partial charge is 0.493 e. The predicted octanol–water partition coefficient (Wildman–Crippen LogP) is 2.89. The van der Waals surface area contributed by atoms with Crippen molar-refractivity contribution in [1.82, 2.24) is 9.78 Å². The van der Waals surface area contributed by atoms with Crippen molar-refractivity contribution in [2.45, 2.75) is 11.4 Å². The topological polar surface area (TPSA) is 82.5 Å². The Labute approximate surface area is 156 Å². The molecule has 0 aliphatic rings. The minimum atomic E-state index is -4.14. The van der Waals surface area contributed by atoms with E-state index in [4.69, 9.17) is 9.47 Å². The van der Waals surface area contributed by atoms with E-state index in [0.29, 0.717) is 12.2 Å². The third-order valence-electron chi connectivity index (χ3n) is 3.84. The highest BCUT2D eigenvalue weighted by molar-refractivity contribution is 7.92. The fraction of sp³-hybridized carbons (Fsp3) is 0.167. The maximum absolute atomic E-state index is 14.3. The van der Waals surface area contributed by atoms with E-state index >= 15 is 0 Å². The van der Waals surface area contributed by atoms with E-state index < -0.39 is 20.7 Å². The first-order valence-electron chi connectivity index (χ1n) is 7.93. The molecule has 3 aromatic rings. The Bertz CT molecular complexity index is 1020. The Morgan fingerprint density at radius 1 is 1.11 bits per heavy atom. The third-order valence-corrected chi connectivity index (χ3v) is 5.23. The second-order valence-electron chi connectivity index (χ2n) is 5.64. The lowest BCUT2D eigenvalue weighted by atomic mass is 10.2. The number of sulfonamides is 1. The molecule has 3 rings (SSSR count). The first-order valence-corrected chi connectivity index (χ1v) is 9.42. The van der Waals surface area contributed by atoms with Gasteiger partial charge >= 0.3 is 0 Å². The number of nitrogens with zero attached hydrogens (tertiary/aromatic N) is 2. The van der Waals surface area contributed by atoms with Gasteiger partial charge in [-0.2, -0.15) is 5.10 Å². The molecular weight excluding hydrogens is 373 g/mol. The lowest BCUT2D eigenvalue weighted by molar-refractivity contribution is 0.350. The number of halogens is 1. The van der Waals surface area contributed by atoms with E-state index in [9.17, 15) is 12.8 Å². The quantitative estimate of drug-likeness (QED) is 0.670. The summed E-state index contributed by atoms with van der Waals surface area (Å²) in [6.45, 7) is 0.560. The summed E-state index contributed by atoms with van der Waals surface area (Å²) in [6, 6.07) is 10.6. The number of methoxy groups -OCH3 is 2. The van der Waals surface area contributed by atoms with Crippen LogP contribution in [0, 0.1) is 5.82 Å². The number of nitrogens with one attached hydrogen (secondary N) is 1. The summed E-state index contributed by atoms with van der Waals surface area (Å²) in [7, 11) is -1.46. The van der Waals surface area contributed by atoms with Crippen molar-refractivity contribution in [2.75, 3.05) is 18.9 Å². The highest BCUT2D eigenvalue weighted by Gasteiger charge is 2.22. The van der Waals surface area contributed by atoms with Crippen molar-refractivity contribution >= 4 is 15.7 Å². The number of hydrogen-bond acceptors (Lipinski definition) is 5. The van der Waals surface area contributed by atoms with E-state index in [1.165, 1.54) is 14.2 Å². The maximum atomic E-state index is 14.3. The number of aromatic nitrogens is 2. The fourth-order valence-electron chi connectivity index (χ4n) is 2.51. The third kappa shape index (κ3) is 4.20. The van der Waals surface area contributed by atoms with Crippen LogP contribution in [0.25, 0.3) is 0 Å². The van der Waals surface area contributed by atoms with Gasteiger partial charge < -0.3 is 9.47 Å².